The van der Waals surface area contributed by atoms with E-state index in [1.165, 1.54) is 0 Å². The van der Waals surface area contributed by atoms with E-state index in [9.17, 15) is 9.59 Å². The van der Waals surface area contributed by atoms with Crippen molar-refractivity contribution in [3.05, 3.63) is 58.7 Å². The number of nitrogens with two attached hydrogens (primary N) is 1. The predicted octanol–water partition coefficient (Wildman–Crippen LogP) is 2.57. The maximum absolute atomic E-state index is 13.1. The number of hydrogen-bond acceptors (Lipinski definition) is 4. The third-order valence-electron chi connectivity index (χ3n) is 5.43. The van der Waals surface area contributed by atoms with E-state index in [0.717, 1.165) is 30.5 Å². The zero-order valence-corrected chi connectivity index (χ0v) is 15.9. The van der Waals surface area contributed by atoms with Crippen LogP contribution in [-0.2, 0) is 6.42 Å². The standard InChI is InChI=1S/C22H24N2O4/c1-14-9-19-20(28-8-7-27-19)12-18(14)22(26)24-6-5-16(13-24)10-15-3-2-4-17(11-15)21(23)25/h2-4,9,11-12,16H,5-8,10,13H2,1H3,(H2,23,25). The largest absolute Gasteiger partial charge is 0.486 e. The van der Waals surface area contributed by atoms with E-state index >= 15 is 0 Å². The third-order valence-corrected chi connectivity index (χ3v) is 5.43. The molecule has 146 valence electrons. The zero-order chi connectivity index (χ0) is 19.7. The highest BCUT2D eigenvalue weighted by molar-refractivity contribution is 5.96. The molecular weight excluding hydrogens is 356 g/mol. The van der Waals surface area contributed by atoms with Crippen LogP contribution in [0.5, 0.6) is 11.5 Å². The molecule has 2 N–H and O–H groups in total. The molecule has 1 fully saturated rings. The Kier molecular flexibility index (Phi) is 4.94. The van der Waals surface area contributed by atoms with Crippen LogP contribution in [-0.4, -0.2) is 43.0 Å². The van der Waals surface area contributed by atoms with Gasteiger partial charge in [0, 0.05) is 24.2 Å². The van der Waals surface area contributed by atoms with Crippen molar-refractivity contribution in [1.82, 2.24) is 4.90 Å². The van der Waals surface area contributed by atoms with Gasteiger partial charge in [0.05, 0.1) is 0 Å². The lowest BCUT2D eigenvalue weighted by atomic mass is 9.97. The molecule has 1 atom stereocenters. The summed E-state index contributed by atoms with van der Waals surface area (Å²) in [7, 11) is 0. The maximum atomic E-state index is 13.1. The molecule has 1 unspecified atom stereocenters. The highest BCUT2D eigenvalue weighted by Crippen LogP contribution is 2.34. The number of carbonyl (C=O) groups is 2. The Morgan fingerprint density at radius 1 is 1.14 bits per heavy atom. The summed E-state index contributed by atoms with van der Waals surface area (Å²) in [4.78, 5) is 26.3. The average molecular weight is 380 g/mol. The van der Waals surface area contributed by atoms with E-state index in [4.69, 9.17) is 15.2 Å². The number of likely N-dealkylation sites (tertiary alicyclic amines) is 1. The lowest BCUT2D eigenvalue weighted by molar-refractivity contribution is 0.0785. The first-order chi connectivity index (χ1) is 13.5. The molecule has 0 aromatic heterocycles. The number of hydrogen-bond donors (Lipinski definition) is 1. The van der Waals surface area contributed by atoms with Gasteiger partial charge < -0.3 is 20.1 Å². The second-order valence-electron chi connectivity index (χ2n) is 7.49. The Morgan fingerprint density at radius 2 is 1.89 bits per heavy atom. The molecule has 6 heteroatoms. The van der Waals surface area contributed by atoms with Gasteiger partial charge in [0.25, 0.3) is 5.91 Å². The van der Waals surface area contributed by atoms with Crippen molar-refractivity contribution in [3.8, 4) is 11.5 Å². The molecule has 0 saturated carbocycles. The number of benzene rings is 2. The first-order valence-electron chi connectivity index (χ1n) is 9.59. The molecule has 2 aliphatic heterocycles. The molecule has 0 radical (unpaired) electrons. The van der Waals surface area contributed by atoms with Crippen molar-refractivity contribution in [1.29, 1.82) is 0 Å². The zero-order valence-electron chi connectivity index (χ0n) is 15.9. The molecule has 6 nitrogen and oxygen atoms in total. The molecule has 2 aliphatic rings. The van der Waals surface area contributed by atoms with Gasteiger partial charge in [-0.05, 0) is 61.1 Å². The Balaban J connectivity index is 1.45. The van der Waals surface area contributed by atoms with Gasteiger partial charge >= 0.3 is 0 Å². The quantitative estimate of drug-likeness (QED) is 0.884. The van der Waals surface area contributed by atoms with Crippen LogP contribution < -0.4 is 15.2 Å². The fourth-order valence-electron chi connectivity index (χ4n) is 3.96. The van der Waals surface area contributed by atoms with Crippen LogP contribution in [0.1, 0.15) is 38.3 Å². The summed E-state index contributed by atoms with van der Waals surface area (Å²) in [5.41, 5.74) is 8.53. The number of primary amides is 1. The molecule has 0 aliphatic carbocycles. The van der Waals surface area contributed by atoms with Gasteiger partial charge in [-0.2, -0.15) is 0 Å². The molecular formula is C22H24N2O4. The molecule has 1 saturated heterocycles. The summed E-state index contributed by atoms with van der Waals surface area (Å²) in [6.45, 7) is 4.39. The molecule has 28 heavy (non-hydrogen) atoms. The fourth-order valence-corrected chi connectivity index (χ4v) is 3.96. The van der Waals surface area contributed by atoms with Crippen LogP contribution in [0.4, 0.5) is 0 Å². The van der Waals surface area contributed by atoms with E-state index in [1.54, 1.807) is 12.1 Å². The molecule has 4 rings (SSSR count). The lowest BCUT2D eigenvalue weighted by Gasteiger charge is -2.22. The molecule has 2 amide bonds. The topological polar surface area (TPSA) is 81.9 Å². The highest BCUT2D eigenvalue weighted by Gasteiger charge is 2.29. The average Bonchev–Trinajstić information content (AvgIpc) is 3.15. The number of rotatable bonds is 4. The van der Waals surface area contributed by atoms with E-state index in [1.807, 2.05) is 36.1 Å². The number of nitrogens with zero attached hydrogens (tertiary/aromatic N) is 1. The van der Waals surface area contributed by atoms with Crippen LogP contribution in [0.25, 0.3) is 0 Å². The van der Waals surface area contributed by atoms with Crippen LogP contribution in [0, 0.1) is 12.8 Å². The minimum Gasteiger partial charge on any atom is -0.486 e. The Bertz CT molecular complexity index is 925. The van der Waals surface area contributed by atoms with Crippen molar-refractivity contribution in [3.63, 3.8) is 0 Å². The summed E-state index contributed by atoms with van der Waals surface area (Å²) in [6.07, 6.45) is 1.77. The van der Waals surface area contributed by atoms with Crippen LogP contribution in [0.3, 0.4) is 0 Å². The number of ether oxygens (including phenoxy) is 2. The number of amides is 2. The van der Waals surface area contributed by atoms with Gasteiger partial charge in [-0.1, -0.05) is 12.1 Å². The Morgan fingerprint density at radius 3 is 2.64 bits per heavy atom. The summed E-state index contributed by atoms with van der Waals surface area (Å²) < 4.78 is 11.2. The van der Waals surface area contributed by atoms with E-state index in [0.29, 0.717) is 48.3 Å². The van der Waals surface area contributed by atoms with Gasteiger partial charge in [0.15, 0.2) is 11.5 Å². The third kappa shape index (κ3) is 3.67. The second-order valence-corrected chi connectivity index (χ2v) is 7.49. The first kappa shape index (κ1) is 18.3. The predicted molar refractivity (Wildman–Crippen MR) is 105 cm³/mol. The number of aryl methyl sites for hydroxylation is 1. The molecule has 2 aromatic carbocycles. The first-order valence-corrected chi connectivity index (χ1v) is 9.59. The second kappa shape index (κ2) is 7.54. The molecule has 2 heterocycles. The SMILES string of the molecule is Cc1cc2c(cc1C(=O)N1CCC(Cc3cccc(C(N)=O)c3)C1)OCCO2. The van der Waals surface area contributed by atoms with Crippen LogP contribution in [0.15, 0.2) is 36.4 Å². The van der Waals surface area contributed by atoms with E-state index in [-0.39, 0.29) is 5.91 Å². The maximum Gasteiger partial charge on any atom is 0.254 e. The van der Waals surface area contributed by atoms with Gasteiger partial charge in [-0.15, -0.1) is 0 Å². The summed E-state index contributed by atoms with van der Waals surface area (Å²) >= 11 is 0. The highest BCUT2D eigenvalue weighted by atomic mass is 16.6. The molecule has 0 bridgehead atoms. The lowest BCUT2D eigenvalue weighted by Crippen LogP contribution is -2.30. The number of fused-ring (bicyclic) bond motifs is 1. The summed E-state index contributed by atoms with van der Waals surface area (Å²) in [5.74, 6) is 1.32. The molecule has 0 spiro atoms. The Hall–Kier alpha value is -3.02. The van der Waals surface area contributed by atoms with E-state index < -0.39 is 5.91 Å². The van der Waals surface area contributed by atoms with Crippen molar-refractivity contribution in [2.75, 3.05) is 26.3 Å². The molecule has 2 aromatic rings. The van der Waals surface area contributed by atoms with Crippen LogP contribution >= 0.6 is 0 Å². The van der Waals surface area contributed by atoms with Crippen molar-refractivity contribution < 1.29 is 19.1 Å². The number of carbonyl (C=O) groups excluding carboxylic acids is 2. The van der Waals surface area contributed by atoms with Crippen LogP contribution in [0.2, 0.25) is 0 Å². The normalized spacial score (nSPS) is 18.2. The minimum atomic E-state index is -0.417. The fraction of sp³-hybridized carbons (Fsp3) is 0.364. The van der Waals surface area contributed by atoms with Crippen molar-refractivity contribution in [2.24, 2.45) is 11.7 Å². The van der Waals surface area contributed by atoms with Gasteiger partial charge in [-0.3, -0.25) is 9.59 Å². The summed E-state index contributed by atoms with van der Waals surface area (Å²) in [6, 6.07) is 11.1. The van der Waals surface area contributed by atoms with Crippen molar-refractivity contribution >= 4 is 11.8 Å². The van der Waals surface area contributed by atoms with Gasteiger partial charge in [0.2, 0.25) is 5.91 Å². The minimum absolute atomic E-state index is 0.0304. The van der Waals surface area contributed by atoms with Gasteiger partial charge in [-0.25, -0.2) is 0 Å². The Labute approximate surface area is 164 Å². The van der Waals surface area contributed by atoms with Gasteiger partial charge in [0.1, 0.15) is 13.2 Å². The summed E-state index contributed by atoms with van der Waals surface area (Å²) in [5, 5.41) is 0. The monoisotopic (exact) mass is 380 g/mol. The smallest absolute Gasteiger partial charge is 0.254 e. The van der Waals surface area contributed by atoms with Crippen molar-refractivity contribution in [2.45, 2.75) is 19.8 Å². The van der Waals surface area contributed by atoms with E-state index in [2.05, 4.69) is 0 Å².